The predicted octanol–water partition coefficient (Wildman–Crippen LogP) is 3.19. The Bertz CT molecular complexity index is 810. The van der Waals surface area contributed by atoms with Crippen LogP contribution in [0.4, 0.5) is 0 Å². The van der Waals surface area contributed by atoms with E-state index in [-0.39, 0.29) is 22.3 Å². The normalized spacial score (nSPS) is 13.2. The summed E-state index contributed by atoms with van der Waals surface area (Å²) in [6.45, 7) is 12.4. The van der Waals surface area contributed by atoms with Gasteiger partial charge in [-0.2, -0.15) is 4.98 Å². The molecule has 1 heterocycles. The van der Waals surface area contributed by atoms with Crippen molar-refractivity contribution in [3.05, 3.63) is 41.5 Å². The molecule has 0 unspecified atom stereocenters. The van der Waals surface area contributed by atoms with E-state index < -0.39 is 10.0 Å². The van der Waals surface area contributed by atoms with Gasteiger partial charge >= 0.3 is 0 Å². The Hall–Kier alpha value is -1.73. The average Bonchev–Trinajstić information content (AvgIpc) is 2.95. The zero-order valence-corrected chi connectivity index (χ0v) is 16.6. The zero-order valence-electron chi connectivity index (χ0n) is 15.8. The van der Waals surface area contributed by atoms with Crippen LogP contribution in [0.1, 0.15) is 58.8 Å². The van der Waals surface area contributed by atoms with Gasteiger partial charge in [-0.15, -0.1) is 0 Å². The second-order valence-corrected chi connectivity index (χ2v) is 9.95. The van der Waals surface area contributed by atoms with Crippen LogP contribution in [-0.2, 0) is 27.3 Å². The highest BCUT2D eigenvalue weighted by Crippen LogP contribution is 2.23. The Labute approximate surface area is 150 Å². The molecule has 0 fully saturated rings. The summed E-state index contributed by atoms with van der Waals surface area (Å²) < 4.78 is 32.5. The topological polar surface area (TPSA) is 85.1 Å². The lowest BCUT2D eigenvalue weighted by molar-refractivity contribution is 0.318. The second kappa shape index (κ2) is 6.88. The van der Waals surface area contributed by atoms with E-state index in [0.717, 1.165) is 5.56 Å². The van der Waals surface area contributed by atoms with Crippen molar-refractivity contribution in [2.75, 3.05) is 6.54 Å². The van der Waals surface area contributed by atoms with Gasteiger partial charge in [0, 0.05) is 18.4 Å². The van der Waals surface area contributed by atoms with E-state index >= 15 is 0 Å². The molecular formula is C18H27N3O3S. The highest BCUT2D eigenvalue weighted by atomic mass is 32.2. The first-order valence-electron chi connectivity index (χ1n) is 8.33. The van der Waals surface area contributed by atoms with E-state index in [9.17, 15) is 8.42 Å². The minimum absolute atomic E-state index is 0.0148. The van der Waals surface area contributed by atoms with Crippen molar-refractivity contribution in [2.45, 2.75) is 63.7 Å². The first-order valence-corrected chi connectivity index (χ1v) is 9.81. The second-order valence-electron chi connectivity index (χ2n) is 8.19. The maximum Gasteiger partial charge on any atom is 0.240 e. The first-order chi connectivity index (χ1) is 11.4. The molecule has 0 saturated heterocycles. The van der Waals surface area contributed by atoms with Crippen molar-refractivity contribution >= 4 is 10.0 Å². The molecule has 2 rings (SSSR count). The summed E-state index contributed by atoms with van der Waals surface area (Å²) in [6.07, 6.45) is 0.374. The van der Waals surface area contributed by atoms with Crippen molar-refractivity contribution in [3.8, 4) is 0 Å². The number of benzene rings is 1. The molecule has 0 aliphatic heterocycles. The summed E-state index contributed by atoms with van der Waals surface area (Å²) in [4.78, 5) is 4.55. The third kappa shape index (κ3) is 5.12. The summed E-state index contributed by atoms with van der Waals surface area (Å²) in [5, 5.41) is 3.89. The van der Waals surface area contributed by atoms with Gasteiger partial charge in [-0.05, 0) is 23.1 Å². The highest BCUT2D eigenvalue weighted by Gasteiger charge is 2.22. The third-order valence-corrected chi connectivity index (χ3v) is 5.26. The van der Waals surface area contributed by atoms with Crippen molar-refractivity contribution in [3.63, 3.8) is 0 Å². The number of hydrogen-bond acceptors (Lipinski definition) is 5. The molecule has 0 bridgehead atoms. The molecule has 7 heteroatoms. The maximum absolute atomic E-state index is 12.4. The third-order valence-electron chi connectivity index (χ3n) is 3.78. The fourth-order valence-corrected chi connectivity index (χ4v) is 3.21. The molecule has 0 spiro atoms. The van der Waals surface area contributed by atoms with Crippen molar-refractivity contribution < 1.29 is 12.9 Å². The zero-order chi connectivity index (χ0) is 18.9. The Morgan fingerprint density at radius 3 is 2.08 bits per heavy atom. The van der Waals surface area contributed by atoms with E-state index in [1.54, 1.807) is 12.1 Å². The Morgan fingerprint density at radius 1 is 1.00 bits per heavy atom. The highest BCUT2D eigenvalue weighted by molar-refractivity contribution is 7.89. The van der Waals surface area contributed by atoms with Crippen molar-refractivity contribution in [1.82, 2.24) is 14.9 Å². The van der Waals surface area contributed by atoms with Gasteiger partial charge in [-0.1, -0.05) is 58.8 Å². The quantitative estimate of drug-likeness (QED) is 0.879. The van der Waals surface area contributed by atoms with Gasteiger partial charge in [0.15, 0.2) is 5.82 Å². The Kier molecular flexibility index (Phi) is 5.39. The van der Waals surface area contributed by atoms with Crippen LogP contribution in [0, 0.1) is 0 Å². The minimum atomic E-state index is -3.55. The van der Waals surface area contributed by atoms with E-state index in [0.29, 0.717) is 18.1 Å². The van der Waals surface area contributed by atoms with E-state index in [4.69, 9.17) is 4.52 Å². The average molecular weight is 365 g/mol. The lowest BCUT2D eigenvalue weighted by Gasteiger charge is -2.19. The fraction of sp³-hybridized carbons (Fsp3) is 0.556. The minimum Gasteiger partial charge on any atom is -0.339 e. The molecule has 25 heavy (non-hydrogen) atoms. The number of hydrogen-bond donors (Lipinski definition) is 1. The molecule has 0 aliphatic rings. The van der Waals surface area contributed by atoms with Gasteiger partial charge < -0.3 is 4.52 Å². The SMILES string of the molecule is CC(C)(C)c1ccc(S(=O)(=O)NCCc2noc(C(C)(C)C)n2)cc1. The number of nitrogens with zero attached hydrogens (tertiary/aromatic N) is 2. The Morgan fingerprint density at radius 2 is 1.60 bits per heavy atom. The molecule has 0 atom stereocenters. The molecule has 0 radical (unpaired) electrons. The van der Waals surface area contributed by atoms with Gasteiger partial charge in [-0.3, -0.25) is 0 Å². The van der Waals surface area contributed by atoms with E-state index in [1.165, 1.54) is 0 Å². The summed E-state index contributed by atoms with van der Waals surface area (Å²) in [5.41, 5.74) is 0.853. The summed E-state index contributed by atoms with van der Waals surface area (Å²) in [7, 11) is -3.55. The number of rotatable bonds is 5. The van der Waals surface area contributed by atoms with Crippen LogP contribution in [0.5, 0.6) is 0 Å². The largest absolute Gasteiger partial charge is 0.339 e. The van der Waals surface area contributed by atoms with Gasteiger partial charge in [0.25, 0.3) is 0 Å². The predicted molar refractivity (Wildman–Crippen MR) is 97.0 cm³/mol. The molecule has 1 aromatic carbocycles. The molecule has 1 N–H and O–H groups in total. The molecule has 6 nitrogen and oxygen atoms in total. The van der Waals surface area contributed by atoms with Crippen LogP contribution in [-0.4, -0.2) is 25.1 Å². The van der Waals surface area contributed by atoms with Crippen molar-refractivity contribution in [1.29, 1.82) is 0 Å². The Balaban J connectivity index is 1.99. The monoisotopic (exact) mass is 365 g/mol. The standard InChI is InChI=1S/C18H27N3O3S/c1-17(2,3)13-7-9-14(10-8-13)25(22,23)19-12-11-15-20-16(24-21-15)18(4,5)6/h7-10,19H,11-12H2,1-6H3. The van der Waals surface area contributed by atoms with Crippen LogP contribution in [0.25, 0.3) is 0 Å². The summed E-state index contributed by atoms with van der Waals surface area (Å²) in [5.74, 6) is 1.04. The van der Waals surface area contributed by atoms with E-state index in [2.05, 4.69) is 35.6 Å². The lowest BCUT2D eigenvalue weighted by Crippen LogP contribution is -2.26. The van der Waals surface area contributed by atoms with E-state index in [1.807, 2.05) is 32.9 Å². The number of aromatic nitrogens is 2. The maximum atomic E-state index is 12.4. The van der Waals surface area contributed by atoms with Gasteiger partial charge in [0.1, 0.15) is 0 Å². The van der Waals surface area contributed by atoms with Crippen LogP contribution in [0.2, 0.25) is 0 Å². The number of sulfonamides is 1. The molecule has 0 saturated carbocycles. The van der Waals surface area contributed by atoms with Crippen LogP contribution in [0.15, 0.2) is 33.7 Å². The van der Waals surface area contributed by atoms with Crippen molar-refractivity contribution in [2.24, 2.45) is 0 Å². The molecule has 0 amide bonds. The molecular weight excluding hydrogens is 338 g/mol. The molecule has 1 aromatic heterocycles. The smallest absolute Gasteiger partial charge is 0.240 e. The lowest BCUT2D eigenvalue weighted by atomic mass is 9.87. The van der Waals surface area contributed by atoms with Crippen LogP contribution < -0.4 is 4.72 Å². The molecule has 138 valence electrons. The molecule has 0 aliphatic carbocycles. The van der Waals surface area contributed by atoms with Gasteiger partial charge in [0.05, 0.1) is 4.90 Å². The molecule has 2 aromatic rings. The summed E-state index contributed by atoms with van der Waals surface area (Å²) in [6, 6.07) is 6.97. The van der Waals surface area contributed by atoms with Crippen LogP contribution in [0.3, 0.4) is 0 Å². The first kappa shape index (κ1) is 19.6. The van der Waals surface area contributed by atoms with Crippen LogP contribution >= 0.6 is 0 Å². The fourth-order valence-electron chi connectivity index (χ4n) is 2.17. The summed E-state index contributed by atoms with van der Waals surface area (Å²) >= 11 is 0. The number of nitrogens with one attached hydrogen (secondary N) is 1. The van der Waals surface area contributed by atoms with Gasteiger partial charge in [-0.25, -0.2) is 13.1 Å². The van der Waals surface area contributed by atoms with Gasteiger partial charge in [0.2, 0.25) is 15.9 Å².